The first kappa shape index (κ1) is 22.3. The molecule has 0 aromatic heterocycles. The lowest BCUT2D eigenvalue weighted by Gasteiger charge is -2.39. The van der Waals surface area contributed by atoms with Crippen LogP contribution in [-0.2, 0) is 26.2 Å². The van der Waals surface area contributed by atoms with Gasteiger partial charge in [0.25, 0.3) is 0 Å². The summed E-state index contributed by atoms with van der Waals surface area (Å²) in [4.78, 5) is 4.52. The lowest BCUT2D eigenvalue weighted by atomic mass is 10.1. The Labute approximate surface area is 184 Å². The minimum absolute atomic E-state index is 0.105. The first-order valence-corrected chi connectivity index (χ1v) is 13.7. The Bertz CT molecular complexity index is 1090. The van der Waals surface area contributed by atoms with Crippen LogP contribution in [0.2, 0.25) is 0 Å². The van der Waals surface area contributed by atoms with Crippen molar-refractivity contribution in [3.63, 3.8) is 0 Å². The summed E-state index contributed by atoms with van der Waals surface area (Å²) in [6.45, 7) is 3.70. The molecular formula is C22H28N2O5S2. The van der Waals surface area contributed by atoms with Crippen molar-refractivity contribution in [3.8, 4) is 5.75 Å². The van der Waals surface area contributed by atoms with E-state index in [1.54, 1.807) is 12.1 Å². The molecule has 0 radical (unpaired) electrons. The van der Waals surface area contributed by atoms with E-state index in [-0.39, 0.29) is 16.4 Å². The van der Waals surface area contributed by atoms with Gasteiger partial charge in [-0.15, -0.1) is 0 Å². The third kappa shape index (κ3) is 4.95. The fraction of sp³-hybridized carbons (Fsp3) is 0.455. The Morgan fingerprint density at radius 1 is 0.935 bits per heavy atom. The molecule has 0 N–H and O–H groups in total. The quantitative estimate of drug-likeness (QED) is 0.640. The summed E-state index contributed by atoms with van der Waals surface area (Å²) in [6.07, 6.45) is 0. The number of rotatable bonds is 6. The highest BCUT2D eigenvalue weighted by molar-refractivity contribution is 7.96. The highest BCUT2D eigenvalue weighted by Crippen LogP contribution is 2.30. The molecule has 0 bridgehead atoms. The number of benzene rings is 2. The molecule has 2 aliphatic heterocycles. The Morgan fingerprint density at radius 2 is 1.58 bits per heavy atom. The van der Waals surface area contributed by atoms with Gasteiger partial charge >= 0.3 is 0 Å². The molecule has 2 saturated heterocycles. The molecule has 0 amide bonds. The first-order chi connectivity index (χ1) is 14.8. The topological polar surface area (TPSA) is 84.0 Å². The minimum Gasteiger partial charge on any atom is -0.497 e. The van der Waals surface area contributed by atoms with E-state index >= 15 is 0 Å². The summed E-state index contributed by atoms with van der Waals surface area (Å²) in [5, 5.41) is -0.952. The molecule has 2 atom stereocenters. The Balaban J connectivity index is 1.49. The summed E-state index contributed by atoms with van der Waals surface area (Å²) in [7, 11) is -5.69. The number of hydrogen-bond acceptors (Lipinski definition) is 7. The Morgan fingerprint density at radius 3 is 2.19 bits per heavy atom. The number of nitrogens with zero attached hydrogens (tertiary/aromatic N) is 2. The molecule has 0 saturated carbocycles. The summed E-state index contributed by atoms with van der Waals surface area (Å²) in [5.74, 6) is 0.131. The Kier molecular flexibility index (Phi) is 6.39. The maximum atomic E-state index is 13.3. The number of ether oxygens (including phenoxy) is 1. The van der Waals surface area contributed by atoms with Gasteiger partial charge < -0.3 is 4.74 Å². The minimum atomic E-state index is -3.79. The monoisotopic (exact) mass is 464 g/mol. The van der Waals surface area contributed by atoms with Gasteiger partial charge in [0, 0.05) is 38.8 Å². The summed E-state index contributed by atoms with van der Waals surface area (Å²) in [6, 6.07) is 15.9. The van der Waals surface area contributed by atoms with E-state index in [0.717, 1.165) is 19.6 Å². The van der Waals surface area contributed by atoms with E-state index in [1.165, 1.54) is 24.8 Å². The second-order valence-corrected chi connectivity index (χ2v) is 12.5. The highest BCUT2D eigenvalue weighted by atomic mass is 32.2. The van der Waals surface area contributed by atoms with Gasteiger partial charge in [0.15, 0.2) is 19.7 Å². The summed E-state index contributed by atoms with van der Waals surface area (Å²) < 4.78 is 56.7. The van der Waals surface area contributed by atoms with Crippen molar-refractivity contribution in [2.45, 2.75) is 22.7 Å². The van der Waals surface area contributed by atoms with Gasteiger partial charge in [-0.3, -0.25) is 9.80 Å². The third-order valence-corrected chi connectivity index (χ3v) is 10.3. The Hall–Kier alpha value is -1.94. The zero-order chi connectivity index (χ0) is 22.1. The number of methoxy groups -OCH3 is 1. The van der Waals surface area contributed by atoms with Gasteiger partial charge in [-0.1, -0.05) is 30.3 Å². The van der Waals surface area contributed by atoms with E-state index in [9.17, 15) is 16.8 Å². The molecule has 2 unspecified atom stereocenters. The van der Waals surface area contributed by atoms with Crippen molar-refractivity contribution in [3.05, 3.63) is 60.2 Å². The van der Waals surface area contributed by atoms with Crippen molar-refractivity contribution in [2.24, 2.45) is 0 Å². The molecular weight excluding hydrogens is 436 g/mol. The molecule has 7 nitrogen and oxygen atoms in total. The SMILES string of the molecule is COc1ccc(S(=O)(=O)C2CS(=O)(=O)CC2N2CCN(Cc3ccccc3)CC2)cc1. The zero-order valence-corrected chi connectivity index (χ0v) is 19.2. The lowest BCUT2D eigenvalue weighted by Crippen LogP contribution is -2.54. The van der Waals surface area contributed by atoms with Crippen LogP contribution < -0.4 is 4.74 Å². The summed E-state index contributed by atoms with van der Waals surface area (Å²) in [5.41, 5.74) is 1.24. The van der Waals surface area contributed by atoms with Gasteiger partial charge in [0.2, 0.25) is 0 Å². The highest BCUT2D eigenvalue weighted by Gasteiger charge is 2.48. The van der Waals surface area contributed by atoms with Gasteiger partial charge in [-0.05, 0) is 29.8 Å². The van der Waals surface area contributed by atoms with E-state index < -0.39 is 31.0 Å². The molecule has 4 rings (SSSR count). The average molecular weight is 465 g/mol. The predicted molar refractivity (Wildman–Crippen MR) is 120 cm³/mol. The van der Waals surface area contributed by atoms with Crippen LogP contribution in [-0.4, -0.2) is 82.7 Å². The molecule has 2 aromatic carbocycles. The van der Waals surface area contributed by atoms with Crippen molar-refractivity contribution in [1.82, 2.24) is 9.80 Å². The van der Waals surface area contributed by atoms with Crippen molar-refractivity contribution in [2.75, 3.05) is 44.8 Å². The molecule has 2 aliphatic rings. The van der Waals surface area contributed by atoms with E-state index in [4.69, 9.17) is 4.74 Å². The number of piperazine rings is 1. The molecule has 31 heavy (non-hydrogen) atoms. The van der Waals surface area contributed by atoms with Crippen LogP contribution in [0.25, 0.3) is 0 Å². The smallest absolute Gasteiger partial charge is 0.183 e. The largest absolute Gasteiger partial charge is 0.497 e. The van der Waals surface area contributed by atoms with E-state index in [1.807, 2.05) is 18.2 Å². The molecule has 2 heterocycles. The lowest BCUT2D eigenvalue weighted by molar-refractivity contribution is 0.101. The average Bonchev–Trinajstić information content (AvgIpc) is 3.11. The second kappa shape index (κ2) is 8.90. The van der Waals surface area contributed by atoms with E-state index in [2.05, 4.69) is 21.9 Å². The molecule has 2 fully saturated rings. The van der Waals surface area contributed by atoms with Gasteiger partial charge in [-0.2, -0.15) is 0 Å². The fourth-order valence-corrected chi connectivity index (χ4v) is 9.30. The van der Waals surface area contributed by atoms with Crippen molar-refractivity contribution >= 4 is 19.7 Å². The van der Waals surface area contributed by atoms with Crippen LogP contribution in [0.15, 0.2) is 59.5 Å². The second-order valence-electron chi connectivity index (χ2n) is 8.20. The van der Waals surface area contributed by atoms with Crippen LogP contribution in [0.3, 0.4) is 0 Å². The normalized spacial score (nSPS) is 24.8. The van der Waals surface area contributed by atoms with Crippen molar-refractivity contribution < 1.29 is 21.6 Å². The van der Waals surface area contributed by atoms with Crippen LogP contribution in [0, 0.1) is 0 Å². The van der Waals surface area contributed by atoms with Crippen LogP contribution in [0.4, 0.5) is 0 Å². The maximum Gasteiger partial charge on any atom is 0.183 e. The number of sulfone groups is 2. The summed E-state index contributed by atoms with van der Waals surface area (Å²) >= 11 is 0. The van der Waals surface area contributed by atoms with Crippen LogP contribution in [0.5, 0.6) is 5.75 Å². The zero-order valence-electron chi connectivity index (χ0n) is 17.6. The molecule has 0 aliphatic carbocycles. The van der Waals surface area contributed by atoms with Crippen molar-refractivity contribution in [1.29, 1.82) is 0 Å². The van der Waals surface area contributed by atoms with Gasteiger partial charge in [0.1, 0.15) is 5.75 Å². The van der Waals surface area contributed by atoms with E-state index in [0.29, 0.717) is 18.8 Å². The fourth-order valence-electron chi connectivity index (χ4n) is 4.47. The predicted octanol–water partition coefficient (Wildman–Crippen LogP) is 1.45. The first-order valence-electron chi connectivity index (χ1n) is 10.4. The number of hydrogen-bond donors (Lipinski definition) is 0. The maximum absolute atomic E-state index is 13.3. The molecule has 2 aromatic rings. The molecule has 168 valence electrons. The van der Waals surface area contributed by atoms with Crippen LogP contribution in [0.1, 0.15) is 5.56 Å². The van der Waals surface area contributed by atoms with Gasteiger partial charge in [-0.25, -0.2) is 16.8 Å². The standard InChI is InChI=1S/C22H28N2O5S2/c1-29-19-7-9-20(10-8-19)31(27,28)22-17-30(25,26)16-21(22)24-13-11-23(12-14-24)15-18-5-3-2-4-6-18/h2-10,21-22H,11-17H2,1H3. The van der Waals surface area contributed by atoms with Crippen LogP contribution >= 0.6 is 0 Å². The molecule has 0 spiro atoms. The molecule has 9 heteroatoms. The van der Waals surface area contributed by atoms with Gasteiger partial charge in [0.05, 0.1) is 28.8 Å². The third-order valence-electron chi connectivity index (χ3n) is 6.18.